The molecule has 0 spiro atoms. The SMILES string of the molecule is NC1CCCCC1C(=O)N1CCCC(CCO)C1. The summed E-state index contributed by atoms with van der Waals surface area (Å²) in [6.45, 7) is 1.93. The van der Waals surface area contributed by atoms with Crippen molar-refractivity contribution < 1.29 is 9.90 Å². The van der Waals surface area contributed by atoms with Crippen LogP contribution in [-0.2, 0) is 4.79 Å². The van der Waals surface area contributed by atoms with Crippen molar-refractivity contribution in [2.45, 2.75) is 51.0 Å². The molecule has 3 N–H and O–H groups in total. The van der Waals surface area contributed by atoms with Gasteiger partial charge in [-0.05, 0) is 38.0 Å². The van der Waals surface area contributed by atoms with Gasteiger partial charge in [-0.1, -0.05) is 12.8 Å². The van der Waals surface area contributed by atoms with Crippen LogP contribution in [0, 0.1) is 11.8 Å². The third-order valence-corrected chi connectivity index (χ3v) is 4.50. The molecule has 0 bridgehead atoms. The standard InChI is InChI=1S/C14H26N2O2/c15-13-6-2-1-5-12(13)14(18)16-8-3-4-11(10-16)7-9-17/h11-13,17H,1-10,15H2. The van der Waals surface area contributed by atoms with Gasteiger partial charge in [-0.25, -0.2) is 0 Å². The summed E-state index contributed by atoms with van der Waals surface area (Å²) in [5.74, 6) is 0.795. The molecule has 1 amide bonds. The zero-order valence-corrected chi connectivity index (χ0v) is 11.2. The fraction of sp³-hybridized carbons (Fsp3) is 0.929. The molecule has 1 aliphatic heterocycles. The average molecular weight is 254 g/mol. The molecule has 2 aliphatic rings. The Morgan fingerprint density at radius 3 is 2.72 bits per heavy atom. The summed E-state index contributed by atoms with van der Waals surface area (Å²) in [6.07, 6.45) is 7.28. The Bertz CT molecular complexity index is 281. The van der Waals surface area contributed by atoms with E-state index in [-0.39, 0.29) is 24.5 Å². The van der Waals surface area contributed by atoms with Crippen molar-refractivity contribution in [2.24, 2.45) is 17.6 Å². The number of aliphatic hydroxyl groups excluding tert-OH is 1. The lowest BCUT2D eigenvalue weighted by molar-refractivity contribution is -0.139. The Morgan fingerprint density at radius 2 is 2.00 bits per heavy atom. The van der Waals surface area contributed by atoms with E-state index in [1.165, 1.54) is 0 Å². The average Bonchev–Trinajstić information content (AvgIpc) is 2.39. The summed E-state index contributed by atoms with van der Waals surface area (Å²) in [6, 6.07) is 0.0597. The summed E-state index contributed by atoms with van der Waals surface area (Å²) < 4.78 is 0. The first-order chi connectivity index (χ1) is 8.72. The second-order valence-electron chi connectivity index (χ2n) is 5.86. The number of carbonyl (C=O) groups is 1. The molecular formula is C14H26N2O2. The van der Waals surface area contributed by atoms with Crippen LogP contribution < -0.4 is 5.73 Å². The molecular weight excluding hydrogens is 228 g/mol. The van der Waals surface area contributed by atoms with Gasteiger partial charge >= 0.3 is 0 Å². The predicted octanol–water partition coefficient (Wildman–Crippen LogP) is 1.12. The van der Waals surface area contributed by atoms with Gasteiger partial charge in [0.1, 0.15) is 0 Å². The first-order valence-electron chi connectivity index (χ1n) is 7.37. The highest BCUT2D eigenvalue weighted by molar-refractivity contribution is 5.79. The van der Waals surface area contributed by atoms with Gasteiger partial charge in [-0.3, -0.25) is 4.79 Å². The molecule has 0 aromatic heterocycles. The monoisotopic (exact) mass is 254 g/mol. The van der Waals surface area contributed by atoms with Crippen LogP contribution in [0.4, 0.5) is 0 Å². The second-order valence-corrected chi connectivity index (χ2v) is 5.86. The molecule has 1 aliphatic carbocycles. The van der Waals surface area contributed by atoms with E-state index < -0.39 is 0 Å². The van der Waals surface area contributed by atoms with Crippen molar-refractivity contribution in [3.8, 4) is 0 Å². The van der Waals surface area contributed by atoms with E-state index >= 15 is 0 Å². The minimum Gasteiger partial charge on any atom is -0.396 e. The summed E-state index contributed by atoms with van der Waals surface area (Å²) in [7, 11) is 0. The molecule has 0 radical (unpaired) electrons. The van der Waals surface area contributed by atoms with Crippen LogP contribution in [0.1, 0.15) is 44.9 Å². The molecule has 3 atom stereocenters. The van der Waals surface area contributed by atoms with Crippen molar-refractivity contribution in [1.29, 1.82) is 0 Å². The van der Waals surface area contributed by atoms with Gasteiger partial charge in [0.15, 0.2) is 0 Å². The predicted molar refractivity (Wildman–Crippen MR) is 70.9 cm³/mol. The van der Waals surface area contributed by atoms with E-state index in [4.69, 9.17) is 10.8 Å². The molecule has 2 rings (SSSR count). The van der Waals surface area contributed by atoms with Crippen molar-refractivity contribution in [3.63, 3.8) is 0 Å². The molecule has 18 heavy (non-hydrogen) atoms. The Hall–Kier alpha value is -0.610. The van der Waals surface area contributed by atoms with Gasteiger partial charge < -0.3 is 15.7 Å². The first-order valence-corrected chi connectivity index (χ1v) is 7.37. The molecule has 0 aromatic carbocycles. The summed E-state index contributed by atoms with van der Waals surface area (Å²) in [5, 5.41) is 9.01. The number of amides is 1. The molecule has 1 saturated carbocycles. The fourth-order valence-corrected chi connectivity index (χ4v) is 3.38. The van der Waals surface area contributed by atoms with Gasteiger partial charge in [0.05, 0.1) is 5.92 Å². The van der Waals surface area contributed by atoms with Gasteiger partial charge in [-0.2, -0.15) is 0 Å². The molecule has 0 aromatic rings. The van der Waals surface area contributed by atoms with E-state index in [1.54, 1.807) is 0 Å². The normalized spacial score (nSPS) is 33.4. The number of nitrogens with two attached hydrogens (primary N) is 1. The number of hydrogen-bond donors (Lipinski definition) is 2. The highest BCUT2D eigenvalue weighted by Crippen LogP contribution is 2.27. The fourth-order valence-electron chi connectivity index (χ4n) is 3.38. The molecule has 104 valence electrons. The highest BCUT2D eigenvalue weighted by atomic mass is 16.3. The summed E-state index contributed by atoms with van der Waals surface area (Å²) in [4.78, 5) is 14.5. The van der Waals surface area contributed by atoms with E-state index in [1.807, 2.05) is 4.90 Å². The molecule has 4 nitrogen and oxygen atoms in total. The minimum absolute atomic E-state index is 0.0478. The number of hydrogen-bond acceptors (Lipinski definition) is 3. The Kier molecular flexibility index (Phi) is 5.01. The number of rotatable bonds is 3. The summed E-state index contributed by atoms with van der Waals surface area (Å²) in [5.41, 5.74) is 6.09. The summed E-state index contributed by atoms with van der Waals surface area (Å²) >= 11 is 0. The van der Waals surface area contributed by atoms with Crippen molar-refractivity contribution in [1.82, 2.24) is 4.90 Å². The van der Waals surface area contributed by atoms with Crippen LogP contribution in [0.15, 0.2) is 0 Å². The van der Waals surface area contributed by atoms with Crippen molar-refractivity contribution in [3.05, 3.63) is 0 Å². The van der Waals surface area contributed by atoms with Crippen LogP contribution in [0.5, 0.6) is 0 Å². The maximum Gasteiger partial charge on any atom is 0.227 e. The third kappa shape index (κ3) is 3.23. The number of aliphatic hydroxyl groups is 1. The van der Waals surface area contributed by atoms with E-state index in [2.05, 4.69) is 0 Å². The molecule has 1 saturated heterocycles. The number of carbonyl (C=O) groups excluding carboxylic acids is 1. The van der Waals surface area contributed by atoms with Crippen LogP contribution in [-0.4, -0.2) is 41.7 Å². The van der Waals surface area contributed by atoms with Gasteiger partial charge in [0.25, 0.3) is 0 Å². The van der Waals surface area contributed by atoms with Gasteiger partial charge in [-0.15, -0.1) is 0 Å². The van der Waals surface area contributed by atoms with Crippen LogP contribution in [0.25, 0.3) is 0 Å². The van der Waals surface area contributed by atoms with Crippen molar-refractivity contribution >= 4 is 5.91 Å². The smallest absolute Gasteiger partial charge is 0.227 e. The lowest BCUT2D eigenvalue weighted by Gasteiger charge is -2.37. The number of piperidine rings is 1. The van der Waals surface area contributed by atoms with Crippen LogP contribution in [0.2, 0.25) is 0 Å². The van der Waals surface area contributed by atoms with Crippen LogP contribution in [0.3, 0.4) is 0 Å². The maximum atomic E-state index is 12.5. The zero-order chi connectivity index (χ0) is 13.0. The molecule has 4 heteroatoms. The third-order valence-electron chi connectivity index (χ3n) is 4.50. The highest BCUT2D eigenvalue weighted by Gasteiger charge is 2.33. The Balaban J connectivity index is 1.91. The van der Waals surface area contributed by atoms with E-state index in [0.29, 0.717) is 5.92 Å². The van der Waals surface area contributed by atoms with Gasteiger partial charge in [0, 0.05) is 25.7 Å². The molecule has 1 heterocycles. The van der Waals surface area contributed by atoms with Gasteiger partial charge in [0.2, 0.25) is 5.91 Å². The van der Waals surface area contributed by atoms with Crippen LogP contribution >= 0.6 is 0 Å². The Morgan fingerprint density at radius 1 is 1.22 bits per heavy atom. The second kappa shape index (κ2) is 6.53. The lowest BCUT2D eigenvalue weighted by atomic mass is 9.83. The number of likely N-dealkylation sites (tertiary alicyclic amines) is 1. The maximum absolute atomic E-state index is 12.5. The minimum atomic E-state index is 0.0478. The Labute approximate surface area is 110 Å². The van der Waals surface area contributed by atoms with E-state index in [9.17, 15) is 4.79 Å². The number of nitrogens with zero attached hydrogens (tertiary/aromatic N) is 1. The van der Waals surface area contributed by atoms with Crippen molar-refractivity contribution in [2.75, 3.05) is 19.7 Å². The lowest BCUT2D eigenvalue weighted by Crippen LogP contribution is -2.49. The zero-order valence-electron chi connectivity index (χ0n) is 11.2. The largest absolute Gasteiger partial charge is 0.396 e. The molecule has 3 unspecified atom stereocenters. The van der Waals surface area contributed by atoms with E-state index in [0.717, 1.165) is 58.0 Å². The quantitative estimate of drug-likeness (QED) is 0.793. The topological polar surface area (TPSA) is 66.6 Å². The first kappa shape index (κ1) is 13.8. The molecule has 2 fully saturated rings.